The van der Waals surface area contributed by atoms with Gasteiger partial charge in [-0.2, -0.15) is 0 Å². The van der Waals surface area contributed by atoms with Gasteiger partial charge in [0, 0.05) is 0 Å². The van der Waals surface area contributed by atoms with E-state index in [0.717, 1.165) is 0 Å². The summed E-state index contributed by atoms with van der Waals surface area (Å²) in [5, 5.41) is 28.9. The average molecular weight is 552 g/mol. The van der Waals surface area contributed by atoms with Crippen molar-refractivity contribution in [2.75, 3.05) is 0 Å². The fourth-order valence-corrected chi connectivity index (χ4v) is 3.62. The van der Waals surface area contributed by atoms with Crippen LogP contribution in [-0.2, 0) is 27.3 Å². The first-order valence-corrected chi connectivity index (χ1v) is 10.1. The molecular formula is C6H9Na6O15P3. The molecule has 0 aromatic rings. The zero-order valence-corrected chi connectivity index (χ0v) is 31.7. The SMILES string of the molecule is O=P([O-])([O-])O[C@@H]1[C@@H](O)[C@H](O)[C@H](OP(=O)([O-])[O-])[C@H](OP(=O)([O-])[O-])[C@H]1O.[Na+].[Na+].[Na+].[Na+].[Na+].[Na+]. The summed E-state index contributed by atoms with van der Waals surface area (Å²) in [7, 11) is -17.9. The Hall–Kier alpha value is 6.21. The molecule has 15 nitrogen and oxygen atoms in total. The molecule has 0 amide bonds. The predicted molar refractivity (Wildman–Crippen MR) is 55.5 cm³/mol. The van der Waals surface area contributed by atoms with E-state index >= 15 is 0 Å². The summed E-state index contributed by atoms with van der Waals surface area (Å²) < 4.78 is 43.0. The number of hydrogen-bond donors (Lipinski definition) is 3. The number of phosphoric acid groups is 3. The van der Waals surface area contributed by atoms with Gasteiger partial charge in [0.25, 0.3) is 0 Å². The number of hydrogen-bond acceptors (Lipinski definition) is 15. The molecule has 1 aliphatic carbocycles. The smallest absolute Gasteiger partial charge is 0.790 e. The fourth-order valence-electron chi connectivity index (χ4n) is 1.98. The minimum atomic E-state index is -6.01. The van der Waals surface area contributed by atoms with Crippen molar-refractivity contribution in [1.82, 2.24) is 0 Å². The van der Waals surface area contributed by atoms with E-state index in [2.05, 4.69) is 13.6 Å². The zero-order chi connectivity index (χ0) is 19.1. The minimum absolute atomic E-state index is 0. The molecule has 1 rings (SSSR count). The van der Waals surface area contributed by atoms with Gasteiger partial charge in [-0.25, -0.2) is 0 Å². The first-order chi connectivity index (χ1) is 10.5. The summed E-state index contributed by atoms with van der Waals surface area (Å²) in [6.07, 6.45) is -15.7. The van der Waals surface area contributed by atoms with Gasteiger partial charge in [-0.1, -0.05) is 0 Å². The van der Waals surface area contributed by atoms with E-state index in [4.69, 9.17) is 0 Å². The Labute approximate surface area is 303 Å². The van der Waals surface area contributed by atoms with Gasteiger partial charge in [0.15, 0.2) is 0 Å². The van der Waals surface area contributed by atoms with Crippen molar-refractivity contribution in [2.45, 2.75) is 36.6 Å². The molecule has 0 bridgehead atoms. The molecule has 0 aromatic carbocycles. The standard InChI is InChI=1S/C6H15O15P3.6Na/c7-1-2(8)5(20-23(13,14)15)6(21-24(16,17)18)3(9)4(1)19-22(10,11)12;;;;;;/h1-9H,(H2,10,11,12)(H2,13,14,15)(H2,16,17,18);;;;;;/q;6*+1/p-6/t1-,2-,3-,4+,5-,6+;;;;;;/m0....../s1. The second-order valence-electron chi connectivity index (χ2n) is 4.52. The normalized spacial score (nSPS) is 28.7. The molecule has 0 unspecified atom stereocenters. The summed E-state index contributed by atoms with van der Waals surface area (Å²) in [6.45, 7) is 0. The summed E-state index contributed by atoms with van der Waals surface area (Å²) in [6, 6.07) is 0. The van der Waals surface area contributed by atoms with Crippen LogP contribution in [0.15, 0.2) is 0 Å². The molecule has 30 heavy (non-hydrogen) atoms. The summed E-state index contributed by atoms with van der Waals surface area (Å²) in [4.78, 5) is 63.6. The van der Waals surface area contributed by atoms with E-state index in [0.29, 0.717) is 0 Å². The number of phosphoric ester groups is 3. The van der Waals surface area contributed by atoms with Crippen LogP contribution in [0.25, 0.3) is 0 Å². The molecule has 3 N–H and O–H groups in total. The van der Waals surface area contributed by atoms with Crippen molar-refractivity contribution in [3.63, 3.8) is 0 Å². The van der Waals surface area contributed by atoms with E-state index in [1.165, 1.54) is 0 Å². The minimum Gasteiger partial charge on any atom is -0.790 e. The molecule has 0 aromatic heterocycles. The van der Waals surface area contributed by atoms with E-state index in [9.17, 15) is 58.4 Å². The summed E-state index contributed by atoms with van der Waals surface area (Å²) in [5.41, 5.74) is 0. The molecule has 1 saturated carbocycles. The second-order valence-corrected chi connectivity index (χ2v) is 7.84. The fraction of sp³-hybridized carbons (Fsp3) is 1.00. The van der Waals surface area contributed by atoms with Gasteiger partial charge in [0.1, 0.15) is 36.6 Å². The van der Waals surface area contributed by atoms with Gasteiger partial charge in [-0.15, -0.1) is 0 Å². The molecule has 144 valence electrons. The van der Waals surface area contributed by atoms with E-state index < -0.39 is 60.1 Å². The third-order valence-corrected chi connectivity index (χ3v) is 4.28. The molecule has 0 aliphatic heterocycles. The Morgan fingerprint density at radius 2 is 0.667 bits per heavy atom. The van der Waals surface area contributed by atoms with Gasteiger partial charge in [-0.3, -0.25) is 0 Å². The van der Waals surface area contributed by atoms with Gasteiger partial charge in [0.05, 0.1) is 23.5 Å². The monoisotopic (exact) mass is 552 g/mol. The maximum absolute atomic E-state index is 10.6. The first-order valence-electron chi connectivity index (χ1n) is 5.67. The summed E-state index contributed by atoms with van der Waals surface area (Å²) in [5.74, 6) is 0. The van der Waals surface area contributed by atoms with E-state index in [1.54, 1.807) is 0 Å². The molecule has 0 radical (unpaired) electrons. The average Bonchev–Trinajstić information content (AvgIpc) is 2.32. The van der Waals surface area contributed by atoms with Gasteiger partial charge < -0.3 is 71.9 Å². The van der Waals surface area contributed by atoms with Gasteiger partial charge >= 0.3 is 177 Å². The van der Waals surface area contributed by atoms with Crippen LogP contribution in [0.1, 0.15) is 0 Å². The van der Waals surface area contributed by atoms with E-state index in [-0.39, 0.29) is 177 Å². The van der Waals surface area contributed by atoms with Crippen LogP contribution in [-0.4, -0.2) is 51.9 Å². The maximum Gasteiger partial charge on any atom is 1.00 e. The van der Waals surface area contributed by atoms with Crippen molar-refractivity contribution in [3.8, 4) is 0 Å². The van der Waals surface area contributed by atoms with Crippen molar-refractivity contribution < 1.29 is 249 Å². The Balaban J connectivity index is -0.000000240. The van der Waals surface area contributed by atoms with Crippen molar-refractivity contribution in [3.05, 3.63) is 0 Å². The molecular weight excluding hydrogens is 543 g/mol. The van der Waals surface area contributed by atoms with Crippen molar-refractivity contribution in [2.24, 2.45) is 0 Å². The zero-order valence-electron chi connectivity index (χ0n) is 17.0. The quantitative estimate of drug-likeness (QED) is 0.204. The number of rotatable bonds is 6. The van der Waals surface area contributed by atoms with Crippen LogP contribution in [0.3, 0.4) is 0 Å². The van der Waals surface area contributed by atoms with Crippen LogP contribution >= 0.6 is 23.5 Å². The Morgan fingerprint density at radius 1 is 0.467 bits per heavy atom. The third-order valence-electron chi connectivity index (χ3n) is 2.77. The Bertz CT molecular complexity index is 595. The Kier molecular flexibility index (Phi) is 33.1. The number of aliphatic hydroxyl groups excluding tert-OH is 3. The largest absolute Gasteiger partial charge is 1.00 e. The molecule has 1 fully saturated rings. The molecule has 0 spiro atoms. The van der Waals surface area contributed by atoms with E-state index in [1.807, 2.05) is 0 Å². The van der Waals surface area contributed by atoms with Crippen LogP contribution in [0, 0.1) is 0 Å². The van der Waals surface area contributed by atoms with Crippen LogP contribution in [0.5, 0.6) is 0 Å². The van der Waals surface area contributed by atoms with Crippen LogP contribution < -0.4 is 207 Å². The molecule has 1 aliphatic rings. The molecule has 0 saturated heterocycles. The summed E-state index contributed by atoms with van der Waals surface area (Å²) >= 11 is 0. The van der Waals surface area contributed by atoms with Gasteiger partial charge in [-0.05, 0) is 0 Å². The van der Waals surface area contributed by atoms with Crippen LogP contribution in [0.4, 0.5) is 0 Å². The molecule has 0 heterocycles. The predicted octanol–water partition coefficient (Wildman–Crippen LogP) is -25.3. The van der Waals surface area contributed by atoms with Gasteiger partial charge in [0.2, 0.25) is 0 Å². The third kappa shape index (κ3) is 18.5. The maximum atomic E-state index is 10.6. The van der Waals surface area contributed by atoms with Crippen LogP contribution in [0.2, 0.25) is 0 Å². The molecule has 6 atom stereocenters. The number of aliphatic hydroxyl groups is 3. The first kappa shape index (κ1) is 49.2. The van der Waals surface area contributed by atoms with Crippen molar-refractivity contribution in [1.29, 1.82) is 0 Å². The van der Waals surface area contributed by atoms with Crippen molar-refractivity contribution >= 4 is 23.5 Å². The Morgan fingerprint density at radius 3 is 0.933 bits per heavy atom. The molecule has 24 heteroatoms. The second kappa shape index (κ2) is 20.2. The topological polar surface area (TPSA) is 278 Å².